The molecule has 0 spiro atoms. The van der Waals surface area contributed by atoms with Crippen molar-refractivity contribution in [3.63, 3.8) is 0 Å². The third kappa shape index (κ3) is 2.78. The number of rotatable bonds is 3. The molecule has 2 aliphatic rings. The number of halogens is 2. The van der Waals surface area contributed by atoms with Gasteiger partial charge in [-0.2, -0.15) is 0 Å². The molecule has 0 aliphatic carbocycles. The van der Waals surface area contributed by atoms with Crippen LogP contribution in [0.3, 0.4) is 0 Å². The van der Waals surface area contributed by atoms with Crippen molar-refractivity contribution in [3.8, 4) is 5.75 Å². The molecule has 3 rings (SSSR count). The summed E-state index contributed by atoms with van der Waals surface area (Å²) in [6.45, 7) is 2.71. The summed E-state index contributed by atoms with van der Waals surface area (Å²) in [5.74, 6) is -1.51. The number of epoxide rings is 1. The van der Waals surface area contributed by atoms with E-state index in [1.54, 1.807) is 4.90 Å². The molecule has 2 heterocycles. The van der Waals surface area contributed by atoms with Crippen LogP contribution in [0.15, 0.2) is 12.1 Å². The number of carbonyl (C=O) groups excluding carboxylic acids is 1. The van der Waals surface area contributed by atoms with E-state index >= 15 is 0 Å². The van der Waals surface area contributed by atoms with Gasteiger partial charge in [-0.15, -0.1) is 0 Å². The van der Waals surface area contributed by atoms with Crippen LogP contribution >= 0.6 is 0 Å². The third-order valence-corrected chi connectivity index (χ3v) is 3.93. The Morgan fingerprint density at radius 1 is 1.41 bits per heavy atom. The Morgan fingerprint density at radius 2 is 2.14 bits per heavy atom. The average molecular weight is 313 g/mol. The molecule has 22 heavy (non-hydrogen) atoms. The molecule has 0 saturated carbocycles. The number of morpholine rings is 1. The molecule has 0 radical (unpaired) electrons. The highest BCUT2D eigenvalue weighted by molar-refractivity contribution is 5.83. The third-order valence-electron chi connectivity index (χ3n) is 3.93. The Kier molecular flexibility index (Phi) is 4.01. The molecule has 2 aliphatic heterocycles. The number of hydrogen-bond donors (Lipinski definition) is 0. The van der Waals surface area contributed by atoms with E-state index in [4.69, 9.17) is 14.2 Å². The number of carbonyl (C=O) groups is 1. The summed E-state index contributed by atoms with van der Waals surface area (Å²) >= 11 is 0. The zero-order valence-corrected chi connectivity index (χ0v) is 12.3. The number of amides is 1. The number of hydrogen-bond acceptors (Lipinski definition) is 4. The van der Waals surface area contributed by atoms with E-state index in [0.29, 0.717) is 6.54 Å². The van der Waals surface area contributed by atoms with Crippen LogP contribution in [0.5, 0.6) is 5.75 Å². The van der Waals surface area contributed by atoms with Gasteiger partial charge < -0.3 is 19.1 Å². The van der Waals surface area contributed by atoms with Gasteiger partial charge in [0.15, 0.2) is 6.10 Å². The number of nitrogens with zero attached hydrogens (tertiary/aromatic N) is 1. The first-order valence-electron chi connectivity index (χ1n) is 7.10. The lowest BCUT2D eigenvalue weighted by Gasteiger charge is -2.33. The number of benzene rings is 1. The summed E-state index contributed by atoms with van der Waals surface area (Å²) in [5.41, 5.74) is 0.131. The molecule has 1 aromatic rings. The summed E-state index contributed by atoms with van der Waals surface area (Å²) in [4.78, 5) is 13.8. The van der Waals surface area contributed by atoms with E-state index in [9.17, 15) is 13.6 Å². The first kappa shape index (κ1) is 15.2. The van der Waals surface area contributed by atoms with E-state index in [-0.39, 0.29) is 36.5 Å². The van der Waals surface area contributed by atoms with Crippen molar-refractivity contribution in [2.75, 3.05) is 26.8 Å². The van der Waals surface area contributed by atoms with Crippen LogP contribution in [0.1, 0.15) is 18.6 Å². The van der Waals surface area contributed by atoms with Gasteiger partial charge in [-0.05, 0) is 6.92 Å². The molecule has 1 aromatic carbocycles. The van der Waals surface area contributed by atoms with Crippen molar-refractivity contribution >= 4 is 5.91 Å². The Bertz CT molecular complexity index is 595. The first-order valence-corrected chi connectivity index (χ1v) is 7.10. The summed E-state index contributed by atoms with van der Waals surface area (Å²) in [6.07, 6.45) is -1.19. The van der Waals surface area contributed by atoms with Crippen molar-refractivity contribution in [2.24, 2.45) is 0 Å². The molecular formula is C15H17F2NO4. The predicted octanol–water partition coefficient (Wildman–Crippen LogP) is 1.66. The van der Waals surface area contributed by atoms with Gasteiger partial charge in [-0.3, -0.25) is 4.79 Å². The lowest BCUT2D eigenvalue weighted by atomic mass is 10.0. The lowest BCUT2D eigenvalue weighted by molar-refractivity contribution is -0.140. The Balaban J connectivity index is 1.81. The zero-order valence-electron chi connectivity index (χ0n) is 12.3. The Labute approximate surface area is 126 Å². The van der Waals surface area contributed by atoms with Crippen molar-refractivity contribution in [1.82, 2.24) is 4.90 Å². The molecule has 7 heteroatoms. The van der Waals surface area contributed by atoms with Gasteiger partial charge >= 0.3 is 0 Å². The normalized spacial score (nSPS) is 27.6. The molecule has 0 bridgehead atoms. The minimum absolute atomic E-state index is 0.0767. The smallest absolute Gasteiger partial charge is 0.254 e. The molecule has 1 amide bonds. The van der Waals surface area contributed by atoms with Crippen LogP contribution < -0.4 is 4.74 Å². The second-order valence-electron chi connectivity index (χ2n) is 5.41. The lowest BCUT2D eigenvalue weighted by Crippen LogP contribution is -2.44. The molecule has 2 saturated heterocycles. The second-order valence-corrected chi connectivity index (χ2v) is 5.41. The van der Waals surface area contributed by atoms with E-state index in [2.05, 4.69) is 0 Å². The van der Waals surface area contributed by atoms with Crippen molar-refractivity contribution in [2.45, 2.75) is 25.2 Å². The molecule has 1 unspecified atom stereocenters. The highest BCUT2D eigenvalue weighted by Crippen LogP contribution is 2.34. The van der Waals surface area contributed by atoms with Crippen LogP contribution in [0, 0.1) is 11.6 Å². The van der Waals surface area contributed by atoms with Gasteiger partial charge in [-0.1, -0.05) is 0 Å². The summed E-state index contributed by atoms with van der Waals surface area (Å²) < 4.78 is 43.2. The number of methoxy groups -OCH3 is 1. The monoisotopic (exact) mass is 313 g/mol. The van der Waals surface area contributed by atoms with Gasteiger partial charge in [0.05, 0.1) is 31.9 Å². The van der Waals surface area contributed by atoms with E-state index in [1.165, 1.54) is 7.11 Å². The largest absolute Gasteiger partial charge is 0.496 e. The van der Waals surface area contributed by atoms with Crippen molar-refractivity contribution in [3.05, 3.63) is 29.3 Å². The molecular weight excluding hydrogens is 296 g/mol. The van der Waals surface area contributed by atoms with Gasteiger partial charge in [0.2, 0.25) is 0 Å². The molecule has 3 atom stereocenters. The van der Waals surface area contributed by atoms with E-state index < -0.39 is 23.8 Å². The topological polar surface area (TPSA) is 51.3 Å². The van der Waals surface area contributed by atoms with Crippen LogP contribution in [-0.4, -0.2) is 49.8 Å². The second kappa shape index (κ2) is 5.81. The van der Waals surface area contributed by atoms with Crippen LogP contribution in [0.4, 0.5) is 8.78 Å². The Hall–Kier alpha value is -1.73. The summed E-state index contributed by atoms with van der Waals surface area (Å²) in [5, 5.41) is 0. The quantitative estimate of drug-likeness (QED) is 0.797. The zero-order chi connectivity index (χ0) is 15.9. The SMILES string of the molecule is COc1cc(F)cc(F)c1C1CN(C(=O)[C@@H]2O[C@H]2C)CCO1. The van der Waals surface area contributed by atoms with Crippen LogP contribution in [0.25, 0.3) is 0 Å². The maximum absolute atomic E-state index is 14.1. The van der Waals surface area contributed by atoms with Crippen molar-refractivity contribution < 1.29 is 27.8 Å². The summed E-state index contributed by atoms with van der Waals surface area (Å²) in [7, 11) is 1.34. The van der Waals surface area contributed by atoms with Gasteiger partial charge in [0.25, 0.3) is 5.91 Å². The summed E-state index contributed by atoms with van der Waals surface area (Å²) in [6, 6.07) is 1.89. The standard InChI is InChI=1S/C15H17F2NO4/c1-8-14(22-8)15(19)18-3-4-21-12(7-18)13-10(17)5-9(16)6-11(13)20-2/h5-6,8,12,14H,3-4,7H2,1-2H3/t8-,12?,14+/m0/s1. The highest BCUT2D eigenvalue weighted by Gasteiger charge is 2.44. The minimum atomic E-state index is -0.743. The number of ether oxygens (including phenoxy) is 3. The van der Waals surface area contributed by atoms with Gasteiger partial charge in [-0.25, -0.2) is 8.78 Å². The predicted molar refractivity (Wildman–Crippen MR) is 72.5 cm³/mol. The minimum Gasteiger partial charge on any atom is -0.496 e. The molecule has 0 aromatic heterocycles. The van der Waals surface area contributed by atoms with Crippen LogP contribution in [-0.2, 0) is 14.3 Å². The molecule has 0 N–H and O–H groups in total. The van der Waals surface area contributed by atoms with Gasteiger partial charge in [0, 0.05) is 18.7 Å². The fourth-order valence-electron chi connectivity index (χ4n) is 2.69. The highest BCUT2D eigenvalue weighted by atomic mass is 19.1. The fourth-order valence-corrected chi connectivity index (χ4v) is 2.69. The maximum atomic E-state index is 14.1. The van der Waals surface area contributed by atoms with Crippen molar-refractivity contribution in [1.29, 1.82) is 0 Å². The maximum Gasteiger partial charge on any atom is 0.254 e. The molecule has 5 nitrogen and oxygen atoms in total. The molecule has 120 valence electrons. The molecule has 2 fully saturated rings. The van der Waals surface area contributed by atoms with Crippen LogP contribution in [0.2, 0.25) is 0 Å². The fraction of sp³-hybridized carbons (Fsp3) is 0.533. The van der Waals surface area contributed by atoms with E-state index in [1.807, 2.05) is 6.92 Å². The van der Waals surface area contributed by atoms with Gasteiger partial charge in [0.1, 0.15) is 23.5 Å². The Morgan fingerprint density at radius 3 is 2.77 bits per heavy atom. The van der Waals surface area contributed by atoms with E-state index in [0.717, 1.165) is 12.1 Å². The average Bonchev–Trinajstić information content (AvgIpc) is 3.22. The first-order chi connectivity index (χ1) is 10.5.